The van der Waals surface area contributed by atoms with Crippen molar-refractivity contribution >= 4 is 28.4 Å². The molecule has 2 amide bonds. The van der Waals surface area contributed by atoms with Crippen molar-refractivity contribution in [2.24, 2.45) is 0 Å². The lowest BCUT2D eigenvalue weighted by Gasteiger charge is -2.05. The van der Waals surface area contributed by atoms with Gasteiger partial charge in [0.2, 0.25) is 0 Å². The van der Waals surface area contributed by atoms with E-state index in [0.717, 1.165) is 11.0 Å². The average Bonchev–Trinajstić information content (AvgIpc) is 2.83. The van der Waals surface area contributed by atoms with Crippen LogP contribution in [-0.2, 0) is 0 Å². The fourth-order valence-corrected chi connectivity index (χ4v) is 1.78. The molecule has 3 aromatic rings. The number of hydrogen-bond donors (Lipinski definition) is 3. The molecule has 0 aliphatic carbocycles. The molecule has 3 rings (SSSR count). The van der Waals surface area contributed by atoms with Gasteiger partial charge in [-0.05, 0) is 24.3 Å². The second-order valence-electron chi connectivity index (χ2n) is 3.92. The highest BCUT2D eigenvalue weighted by molar-refractivity contribution is 6.05. The van der Waals surface area contributed by atoms with Gasteiger partial charge in [-0.15, -0.1) is 0 Å². The van der Waals surface area contributed by atoms with Crippen molar-refractivity contribution in [2.75, 3.05) is 10.6 Å². The molecule has 19 heavy (non-hydrogen) atoms. The summed E-state index contributed by atoms with van der Waals surface area (Å²) >= 11 is 0. The van der Waals surface area contributed by atoms with Crippen molar-refractivity contribution in [3.05, 3.63) is 49.1 Å². The summed E-state index contributed by atoms with van der Waals surface area (Å²) in [6.07, 6.45) is 6.63. The van der Waals surface area contributed by atoms with Crippen molar-refractivity contribution < 1.29 is 4.79 Å². The van der Waals surface area contributed by atoms with E-state index in [9.17, 15) is 4.79 Å². The predicted molar refractivity (Wildman–Crippen MR) is 73.0 cm³/mol. The minimum atomic E-state index is -0.322. The molecular formula is C13H11N5O. The summed E-state index contributed by atoms with van der Waals surface area (Å²) in [6, 6.07) is 6.91. The van der Waals surface area contributed by atoms with Crippen LogP contribution in [0.15, 0.2) is 49.1 Å². The van der Waals surface area contributed by atoms with Gasteiger partial charge in [0.1, 0.15) is 5.65 Å². The van der Waals surface area contributed by atoms with Crippen LogP contribution in [0.1, 0.15) is 0 Å². The number of fused-ring (bicyclic) bond motifs is 1. The maximum absolute atomic E-state index is 11.8. The summed E-state index contributed by atoms with van der Waals surface area (Å²) in [5, 5.41) is 6.33. The zero-order valence-corrected chi connectivity index (χ0v) is 9.92. The SMILES string of the molecule is O=C(Nc1cccnc1)Nc1c[nH]c2ncccc12. The van der Waals surface area contributed by atoms with Crippen molar-refractivity contribution in [1.29, 1.82) is 0 Å². The number of pyridine rings is 2. The number of anilines is 2. The number of carbonyl (C=O) groups is 1. The van der Waals surface area contributed by atoms with Gasteiger partial charge in [0, 0.05) is 24.0 Å². The van der Waals surface area contributed by atoms with Crippen LogP contribution in [-0.4, -0.2) is 21.0 Å². The van der Waals surface area contributed by atoms with E-state index < -0.39 is 0 Å². The van der Waals surface area contributed by atoms with Crippen LogP contribution >= 0.6 is 0 Å². The first-order chi connectivity index (χ1) is 9.33. The van der Waals surface area contributed by atoms with Gasteiger partial charge in [0.15, 0.2) is 0 Å². The minimum Gasteiger partial charge on any atom is -0.344 e. The summed E-state index contributed by atoms with van der Waals surface area (Å²) < 4.78 is 0. The third-order valence-electron chi connectivity index (χ3n) is 2.62. The molecular weight excluding hydrogens is 242 g/mol. The Kier molecular flexibility index (Phi) is 2.82. The number of amides is 2. The van der Waals surface area contributed by atoms with Crippen LogP contribution in [0.25, 0.3) is 11.0 Å². The highest BCUT2D eigenvalue weighted by Gasteiger charge is 2.07. The maximum atomic E-state index is 11.8. The van der Waals surface area contributed by atoms with Crippen molar-refractivity contribution in [1.82, 2.24) is 15.0 Å². The number of rotatable bonds is 2. The number of aromatic nitrogens is 3. The fraction of sp³-hybridized carbons (Fsp3) is 0. The average molecular weight is 253 g/mol. The number of urea groups is 1. The molecule has 3 heterocycles. The van der Waals surface area contributed by atoms with Crippen LogP contribution in [0.2, 0.25) is 0 Å². The van der Waals surface area contributed by atoms with E-state index in [1.807, 2.05) is 12.1 Å². The monoisotopic (exact) mass is 253 g/mol. The van der Waals surface area contributed by atoms with Gasteiger partial charge in [-0.1, -0.05) is 0 Å². The maximum Gasteiger partial charge on any atom is 0.323 e. The summed E-state index contributed by atoms with van der Waals surface area (Å²) in [5.41, 5.74) is 2.06. The molecule has 0 fully saturated rings. The van der Waals surface area contributed by atoms with Gasteiger partial charge in [-0.2, -0.15) is 0 Å². The number of hydrogen-bond acceptors (Lipinski definition) is 3. The molecule has 0 spiro atoms. The number of H-pyrrole nitrogens is 1. The van der Waals surface area contributed by atoms with Gasteiger partial charge >= 0.3 is 6.03 Å². The topological polar surface area (TPSA) is 82.7 Å². The summed E-state index contributed by atoms with van der Waals surface area (Å²) in [5.74, 6) is 0. The number of aromatic amines is 1. The largest absolute Gasteiger partial charge is 0.344 e. The lowest BCUT2D eigenvalue weighted by Crippen LogP contribution is -2.19. The molecule has 0 aromatic carbocycles. The Labute approximate surface area is 108 Å². The standard InChI is InChI=1S/C13H11N5O/c19-13(17-9-3-1-5-14-7-9)18-11-8-16-12-10(11)4-2-6-15-12/h1-8H,(H,15,16)(H2,17,18,19). The molecule has 0 saturated carbocycles. The first-order valence-electron chi connectivity index (χ1n) is 5.73. The van der Waals surface area contributed by atoms with Gasteiger partial charge < -0.3 is 15.6 Å². The first kappa shape index (κ1) is 11.2. The van der Waals surface area contributed by atoms with Crippen LogP contribution < -0.4 is 10.6 Å². The molecule has 0 unspecified atom stereocenters. The normalized spacial score (nSPS) is 10.3. The first-order valence-corrected chi connectivity index (χ1v) is 5.73. The predicted octanol–water partition coefficient (Wildman–Crippen LogP) is 2.60. The minimum absolute atomic E-state index is 0.322. The van der Waals surface area contributed by atoms with Crippen LogP contribution in [0.4, 0.5) is 16.2 Å². The van der Waals surface area contributed by atoms with E-state index in [-0.39, 0.29) is 6.03 Å². The molecule has 3 aromatic heterocycles. The molecule has 0 bridgehead atoms. The smallest absolute Gasteiger partial charge is 0.323 e. The molecule has 94 valence electrons. The molecule has 6 heteroatoms. The van der Waals surface area contributed by atoms with Crippen LogP contribution in [0, 0.1) is 0 Å². The second kappa shape index (κ2) is 4.77. The Morgan fingerprint density at radius 1 is 1.16 bits per heavy atom. The fourth-order valence-electron chi connectivity index (χ4n) is 1.78. The van der Waals surface area contributed by atoms with E-state index in [2.05, 4.69) is 25.6 Å². The Morgan fingerprint density at radius 3 is 2.89 bits per heavy atom. The molecule has 0 aliphatic rings. The van der Waals surface area contributed by atoms with Crippen molar-refractivity contribution in [3.63, 3.8) is 0 Å². The van der Waals surface area contributed by atoms with E-state index in [1.54, 1.807) is 36.9 Å². The Hall–Kier alpha value is -2.89. The molecule has 0 radical (unpaired) electrons. The third kappa shape index (κ3) is 2.37. The number of nitrogens with one attached hydrogen (secondary N) is 3. The van der Waals surface area contributed by atoms with Gasteiger partial charge in [-0.25, -0.2) is 9.78 Å². The Morgan fingerprint density at radius 2 is 2.05 bits per heavy atom. The van der Waals surface area contributed by atoms with Crippen molar-refractivity contribution in [3.8, 4) is 0 Å². The summed E-state index contributed by atoms with van der Waals surface area (Å²) in [4.78, 5) is 22.9. The van der Waals surface area contributed by atoms with Crippen molar-refractivity contribution in [2.45, 2.75) is 0 Å². The molecule has 0 aliphatic heterocycles. The van der Waals surface area contributed by atoms with Crippen LogP contribution in [0.3, 0.4) is 0 Å². The molecule has 0 saturated heterocycles. The second-order valence-corrected chi connectivity index (χ2v) is 3.92. The zero-order chi connectivity index (χ0) is 13.1. The van der Waals surface area contributed by atoms with E-state index in [1.165, 1.54) is 0 Å². The third-order valence-corrected chi connectivity index (χ3v) is 2.62. The number of carbonyl (C=O) groups excluding carboxylic acids is 1. The van der Waals surface area contributed by atoms with E-state index in [0.29, 0.717) is 11.4 Å². The van der Waals surface area contributed by atoms with Crippen LogP contribution in [0.5, 0.6) is 0 Å². The lowest BCUT2D eigenvalue weighted by atomic mass is 10.3. The Bertz CT molecular complexity index is 707. The van der Waals surface area contributed by atoms with E-state index >= 15 is 0 Å². The van der Waals surface area contributed by atoms with Gasteiger partial charge in [-0.3, -0.25) is 4.98 Å². The quantitative estimate of drug-likeness (QED) is 0.656. The zero-order valence-electron chi connectivity index (χ0n) is 9.92. The highest BCUT2D eigenvalue weighted by atomic mass is 16.2. The summed E-state index contributed by atoms with van der Waals surface area (Å²) in [6.45, 7) is 0. The van der Waals surface area contributed by atoms with E-state index in [4.69, 9.17) is 0 Å². The lowest BCUT2D eigenvalue weighted by molar-refractivity contribution is 0.262. The molecule has 6 nitrogen and oxygen atoms in total. The molecule has 3 N–H and O–H groups in total. The number of nitrogens with zero attached hydrogens (tertiary/aromatic N) is 2. The summed E-state index contributed by atoms with van der Waals surface area (Å²) in [7, 11) is 0. The highest BCUT2D eigenvalue weighted by Crippen LogP contribution is 2.20. The van der Waals surface area contributed by atoms with Gasteiger partial charge in [0.25, 0.3) is 0 Å². The Balaban J connectivity index is 1.76. The van der Waals surface area contributed by atoms with Gasteiger partial charge in [0.05, 0.1) is 17.6 Å². The molecule has 0 atom stereocenters.